The van der Waals surface area contributed by atoms with Crippen molar-refractivity contribution < 1.29 is 36.7 Å². The molecule has 286 valence electrons. The second-order valence-electron chi connectivity index (χ2n) is 14.2. The summed E-state index contributed by atoms with van der Waals surface area (Å²) >= 11 is 0. The molecule has 0 spiro atoms. The molecule has 3 aromatic carbocycles. The number of Topliss-reactive ketones (excluding diaryl/α,β-unsaturated/α-hetero) is 2. The summed E-state index contributed by atoms with van der Waals surface area (Å²) in [6.07, 6.45) is 2.81. The number of rotatable bonds is 15. The Bertz CT molecular complexity index is 2010. The number of ether oxygens (including phenoxy) is 1. The Labute approximate surface area is 315 Å². The molecule has 0 radical (unpaired) electrons. The maximum absolute atomic E-state index is 14.5. The van der Waals surface area contributed by atoms with Crippen molar-refractivity contribution in [1.82, 2.24) is 19.5 Å². The lowest BCUT2D eigenvalue weighted by Crippen LogP contribution is -2.52. The summed E-state index contributed by atoms with van der Waals surface area (Å²) in [7, 11) is -3.84. The first-order chi connectivity index (χ1) is 26.0. The number of ketones is 2. The van der Waals surface area contributed by atoms with Gasteiger partial charge in [-0.1, -0.05) is 66.7 Å². The van der Waals surface area contributed by atoms with Crippen molar-refractivity contribution in [3.8, 4) is 0 Å². The van der Waals surface area contributed by atoms with Gasteiger partial charge in [0.2, 0.25) is 21.7 Å². The fourth-order valence-electron chi connectivity index (χ4n) is 7.26. The van der Waals surface area contributed by atoms with Crippen LogP contribution < -0.4 is 10.5 Å². The van der Waals surface area contributed by atoms with Gasteiger partial charge < -0.3 is 24.7 Å². The molecule has 14 heteroatoms. The van der Waals surface area contributed by atoms with Gasteiger partial charge in [0.15, 0.2) is 11.4 Å². The number of fused-ring (bicyclic) bond motifs is 1. The summed E-state index contributed by atoms with van der Waals surface area (Å²) < 4.78 is 39.2. The van der Waals surface area contributed by atoms with Crippen LogP contribution in [-0.2, 0) is 43.7 Å². The highest BCUT2D eigenvalue weighted by Gasteiger charge is 2.45. The number of benzene rings is 3. The van der Waals surface area contributed by atoms with Gasteiger partial charge in [0, 0.05) is 38.4 Å². The van der Waals surface area contributed by atoms with Crippen LogP contribution in [0, 0.1) is 5.92 Å². The maximum Gasteiger partial charge on any atom is 0.410 e. The average molecular weight is 758 g/mol. The molecule has 2 aliphatic rings. The fraction of sp³-hybridized carbons (Fsp3) is 0.425. The van der Waals surface area contributed by atoms with Gasteiger partial charge in [0.25, 0.3) is 5.89 Å². The van der Waals surface area contributed by atoms with Crippen LogP contribution in [0.25, 0.3) is 11.1 Å². The van der Waals surface area contributed by atoms with Gasteiger partial charge in [-0.3, -0.25) is 14.4 Å². The molecule has 1 aromatic heterocycles. The van der Waals surface area contributed by atoms with E-state index in [4.69, 9.17) is 14.9 Å². The lowest BCUT2D eigenvalue weighted by molar-refractivity contribution is -0.139. The van der Waals surface area contributed by atoms with E-state index in [0.29, 0.717) is 37.2 Å². The van der Waals surface area contributed by atoms with Crippen molar-refractivity contribution in [2.75, 3.05) is 25.9 Å². The third-order valence-electron chi connectivity index (χ3n) is 10.1. The lowest BCUT2D eigenvalue weighted by Gasteiger charge is -2.29. The number of nitrogens with zero attached hydrogens (tertiary/aromatic N) is 3. The number of aromatic nitrogens is 1. The number of hydrogen-bond donors (Lipinski definition) is 2. The molecule has 6 rings (SSSR count). The van der Waals surface area contributed by atoms with E-state index in [0.717, 1.165) is 42.2 Å². The average Bonchev–Trinajstić information content (AvgIpc) is 3.81. The van der Waals surface area contributed by atoms with E-state index in [1.165, 1.54) is 4.90 Å². The number of carbonyl (C=O) groups is 4. The number of sulfonamides is 1. The van der Waals surface area contributed by atoms with Gasteiger partial charge in [-0.05, 0) is 67.3 Å². The quantitative estimate of drug-likeness (QED) is 0.165. The minimum Gasteiger partial charge on any atom is -0.444 e. The van der Waals surface area contributed by atoms with Gasteiger partial charge in [0.1, 0.15) is 17.7 Å². The molecule has 54 heavy (non-hydrogen) atoms. The number of oxazole rings is 1. The number of piperidine rings is 1. The Morgan fingerprint density at radius 3 is 2.30 bits per heavy atom. The van der Waals surface area contributed by atoms with Gasteiger partial charge in [-0.25, -0.2) is 22.9 Å². The topological polar surface area (TPSA) is 182 Å². The molecular formula is C40H47N5O8S. The van der Waals surface area contributed by atoms with E-state index in [1.807, 2.05) is 54.6 Å². The number of amides is 2. The zero-order valence-corrected chi connectivity index (χ0v) is 31.2. The number of carbonyl (C=O) groups excluding carboxylic acids is 4. The van der Waals surface area contributed by atoms with E-state index >= 15 is 0 Å². The Hall–Kier alpha value is -4.92. The van der Waals surface area contributed by atoms with Crippen molar-refractivity contribution in [2.45, 2.75) is 76.1 Å². The molecule has 13 nitrogen and oxygen atoms in total. The van der Waals surface area contributed by atoms with Crippen molar-refractivity contribution in [3.05, 3.63) is 101 Å². The fourth-order valence-corrected chi connectivity index (χ4v) is 7.99. The summed E-state index contributed by atoms with van der Waals surface area (Å²) in [6, 6.07) is 21.5. The lowest BCUT2D eigenvalue weighted by atomic mass is 9.87. The molecule has 3 heterocycles. The highest BCUT2D eigenvalue weighted by atomic mass is 32.2. The zero-order chi connectivity index (χ0) is 38.2. The van der Waals surface area contributed by atoms with Crippen LogP contribution in [-0.4, -0.2) is 90.8 Å². The first-order valence-electron chi connectivity index (χ1n) is 18.4. The molecule has 3 N–H and O–H groups in total. The number of hydrogen-bond acceptors (Lipinski definition) is 10. The van der Waals surface area contributed by atoms with Crippen LogP contribution >= 0.6 is 0 Å². The molecule has 4 aromatic rings. The third-order valence-corrected chi connectivity index (χ3v) is 10.8. The van der Waals surface area contributed by atoms with Gasteiger partial charge in [-0.15, -0.1) is 0 Å². The highest BCUT2D eigenvalue weighted by molar-refractivity contribution is 7.88. The number of likely N-dealkylation sites (tertiary alicyclic amines) is 2. The van der Waals surface area contributed by atoms with E-state index in [1.54, 1.807) is 29.2 Å². The van der Waals surface area contributed by atoms with Crippen molar-refractivity contribution in [1.29, 1.82) is 0 Å². The minimum atomic E-state index is -3.84. The molecule has 0 unspecified atom stereocenters. The second kappa shape index (κ2) is 17.5. The molecule has 2 fully saturated rings. The SMILES string of the molecule is CS(=O)(=O)N[C@H](CCc1ccccc1)C(=O)N1C[C@H](OC(=O)N2CCCCC2)C[C@H]1C(=O)C[C@@H](Cc1ccc(CN)cc1)C(=O)c1nc2ccccc2o1. The predicted octanol–water partition coefficient (Wildman–Crippen LogP) is 4.43. The van der Waals surface area contributed by atoms with E-state index in [2.05, 4.69) is 9.71 Å². The molecule has 2 aliphatic heterocycles. The Morgan fingerprint density at radius 1 is 0.926 bits per heavy atom. The largest absolute Gasteiger partial charge is 0.444 e. The molecular weight excluding hydrogens is 711 g/mol. The monoisotopic (exact) mass is 757 g/mol. The molecule has 2 amide bonds. The Morgan fingerprint density at radius 2 is 1.61 bits per heavy atom. The molecule has 0 aliphatic carbocycles. The summed E-state index contributed by atoms with van der Waals surface area (Å²) in [5, 5.41) is 0. The summed E-state index contributed by atoms with van der Waals surface area (Å²) in [5.74, 6) is -2.53. The number of nitrogens with two attached hydrogens (primary N) is 1. The van der Waals surface area contributed by atoms with Gasteiger partial charge in [0.05, 0.1) is 18.8 Å². The smallest absolute Gasteiger partial charge is 0.410 e. The van der Waals surface area contributed by atoms with Crippen LogP contribution in [0.15, 0.2) is 83.3 Å². The Kier molecular flexibility index (Phi) is 12.6. The van der Waals surface area contributed by atoms with Crippen LogP contribution in [0.1, 0.15) is 65.9 Å². The highest BCUT2D eigenvalue weighted by Crippen LogP contribution is 2.29. The van der Waals surface area contributed by atoms with Crippen LogP contribution in [0.2, 0.25) is 0 Å². The van der Waals surface area contributed by atoms with Crippen LogP contribution in [0.4, 0.5) is 4.79 Å². The van der Waals surface area contributed by atoms with E-state index in [-0.39, 0.29) is 38.1 Å². The third kappa shape index (κ3) is 9.98. The second-order valence-corrected chi connectivity index (χ2v) is 16.0. The first kappa shape index (κ1) is 38.8. The minimum absolute atomic E-state index is 0.00340. The molecule has 0 bridgehead atoms. The Balaban J connectivity index is 1.28. The van der Waals surface area contributed by atoms with E-state index < -0.39 is 57.7 Å². The van der Waals surface area contributed by atoms with Crippen molar-refractivity contribution >= 4 is 44.7 Å². The van der Waals surface area contributed by atoms with Gasteiger partial charge >= 0.3 is 6.09 Å². The van der Waals surface area contributed by atoms with Gasteiger partial charge in [-0.2, -0.15) is 0 Å². The molecule has 2 saturated heterocycles. The number of para-hydroxylation sites is 2. The predicted molar refractivity (Wildman–Crippen MR) is 202 cm³/mol. The van der Waals surface area contributed by atoms with Crippen LogP contribution in [0.5, 0.6) is 0 Å². The van der Waals surface area contributed by atoms with Crippen LogP contribution in [0.3, 0.4) is 0 Å². The molecule has 4 atom stereocenters. The number of aryl methyl sites for hydroxylation is 1. The molecule has 0 saturated carbocycles. The normalized spacial score (nSPS) is 18.7. The standard InChI is InChI=1S/C40H47N5O8S/c1-54(50,51)43-33(19-18-27-10-4-2-5-11-27)39(48)45-26-31(52-40(49)44-20-8-3-9-21-44)24-34(45)35(46)23-30(22-28-14-16-29(25-41)17-15-28)37(47)38-42-32-12-6-7-13-36(32)53-38/h2,4-7,10-17,30-31,33-34,43H,3,8-9,18-26,41H2,1H3/t30-,31-,33-,34+/m1/s1. The summed E-state index contributed by atoms with van der Waals surface area (Å²) in [6.45, 7) is 1.36. The van der Waals surface area contributed by atoms with Crippen molar-refractivity contribution in [3.63, 3.8) is 0 Å². The van der Waals surface area contributed by atoms with Crippen molar-refractivity contribution in [2.24, 2.45) is 11.7 Å². The maximum atomic E-state index is 14.5. The summed E-state index contributed by atoms with van der Waals surface area (Å²) in [5.41, 5.74) is 9.35. The van der Waals surface area contributed by atoms with E-state index in [9.17, 15) is 27.6 Å². The first-order valence-corrected chi connectivity index (χ1v) is 20.3. The summed E-state index contributed by atoms with van der Waals surface area (Å²) in [4.78, 5) is 63.5. The zero-order valence-electron chi connectivity index (χ0n) is 30.4. The number of nitrogens with one attached hydrogen (secondary N) is 1.